The molecule has 2 aliphatic heterocycles. The Balaban J connectivity index is 1.22. The third kappa shape index (κ3) is 4.32. The van der Waals surface area contributed by atoms with Crippen molar-refractivity contribution >= 4 is 5.91 Å². The molecule has 0 radical (unpaired) electrons. The van der Waals surface area contributed by atoms with Crippen molar-refractivity contribution in [3.05, 3.63) is 35.4 Å². The molecule has 3 atom stereocenters. The van der Waals surface area contributed by atoms with Gasteiger partial charge in [0.15, 0.2) is 11.6 Å². The summed E-state index contributed by atoms with van der Waals surface area (Å²) in [7, 11) is 0. The quantitative estimate of drug-likeness (QED) is 0.857. The van der Waals surface area contributed by atoms with Gasteiger partial charge in [-0.05, 0) is 49.4 Å². The highest BCUT2D eigenvalue weighted by Gasteiger charge is 2.42. The number of fused-ring (bicyclic) bond motifs is 1. The second-order valence-electron chi connectivity index (χ2n) is 8.32. The van der Waals surface area contributed by atoms with Crippen molar-refractivity contribution in [1.29, 1.82) is 0 Å². The molecule has 1 N–H and O–H groups in total. The van der Waals surface area contributed by atoms with Gasteiger partial charge in [0, 0.05) is 44.7 Å². The highest BCUT2D eigenvalue weighted by molar-refractivity contribution is 5.81. The maximum absolute atomic E-state index is 13.4. The molecular weight excluding hydrogens is 348 g/mol. The SMILES string of the molecule is O=C1N[C@@H]2CCCC[C@H]2C1CCN1CCN(Cc2ccc(F)c(F)c2)CC1. The Hall–Kier alpha value is -1.53. The minimum absolute atomic E-state index is 0.190. The minimum Gasteiger partial charge on any atom is -0.353 e. The van der Waals surface area contributed by atoms with Crippen LogP contribution in [0, 0.1) is 23.5 Å². The molecule has 1 aliphatic carbocycles. The molecule has 4 nitrogen and oxygen atoms in total. The Bertz CT molecular complexity index is 675. The van der Waals surface area contributed by atoms with Gasteiger partial charge >= 0.3 is 0 Å². The fraction of sp³-hybridized carbons (Fsp3) is 0.667. The van der Waals surface area contributed by atoms with Crippen LogP contribution in [0.4, 0.5) is 8.78 Å². The van der Waals surface area contributed by atoms with Crippen molar-refractivity contribution in [2.75, 3.05) is 32.7 Å². The second kappa shape index (κ2) is 8.23. The first-order chi connectivity index (χ1) is 13.1. The molecule has 1 aromatic carbocycles. The van der Waals surface area contributed by atoms with Crippen molar-refractivity contribution in [1.82, 2.24) is 15.1 Å². The summed E-state index contributed by atoms with van der Waals surface area (Å²) in [6.45, 7) is 5.39. The number of carbonyl (C=O) groups excluding carboxylic acids is 1. The summed E-state index contributed by atoms with van der Waals surface area (Å²) in [5.41, 5.74) is 0.813. The van der Waals surface area contributed by atoms with Gasteiger partial charge in [-0.1, -0.05) is 18.9 Å². The van der Waals surface area contributed by atoms with Crippen molar-refractivity contribution in [2.45, 2.75) is 44.7 Å². The van der Waals surface area contributed by atoms with E-state index in [4.69, 9.17) is 0 Å². The highest BCUT2D eigenvalue weighted by Crippen LogP contribution is 2.37. The zero-order valence-corrected chi connectivity index (χ0v) is 15.8. The zero-order valence-electron chi connectivity index (χ0n) is 15.8. The van der Waals surface area contributed by atoms with Crippen LogP contribution in [0.15, 0.2) is 18.2 Å². The molecular formula is C21H29F2N3O. The molecule has 0 bridgehead atoms. The van der Waals surface area contributed by atoms with Crippen LogP contribution in [0.3, 0.4) is 0 Å². The van der Waals surface area contributed by atoms with Crippen molar-refractivity contribution in [2.24, 2.45) is 11.8 Å². The number of benzene rings is 1. The summed E-state index contributed by atoms with van der Waals surface area (Å²) in [5.74, 6) is -0.568. The molecule has 0 aromatic heterocycles. The van der Waals surface area contributed by atoms with Gasteiger partial charge in [0.2, 0.25) is 5.91 Å². The summed E-state index contributed by atoms with van der Waals surface area (Å²) in [5, 5.41) is 3.21. The van der Waals surface area contributed by atoms with Crippen molar-refractivity contribution < 1.29 is 13.6 Å². The third-order valence-corrected chi connectivity index (χ3v) is 6.61. The molecule has 27 heavy (non-hydrogen) atoms. The van der Waals surface area contributed by atoms with Crippen molar-refractivity contribution in [3.8, 4) is 0 Å². The molecule has 1 unspecified atom stereocenters. The molecule has 3 fully saturated rings. The second-order valence-corrected chi connectivity index (χ2v) is 8.32. The summed E-state index contributed by atoms with van der Waals surface area (Å²) < 4.78 is 26.4. The largest absolute Gasteiger partial charge is 0.353 e. The molecule has 1 aromatic rings. The molecule has 3 aliphatic rings. The van der Waals surface area contributed by atoms with E-state index in [-0.39, 0.29) is 11.8 Å². The summed E-state index contributed by atoms with van der Waals surface area (Å²) in [4.78, 5) is 17.0. The summed E-state index contributed by atoms with van der Waals surface area (Å²) >= 11 is 0. The average Bonchev–Trinajstić information content (AvgIpc) is 2.99. The number of carbonyl (C=O) groups is 1. The fourth-order valence-corrected chi connectivity index (χ4v) is 5.04. The average molecular weight is 377 g/mol. The van der Waals surface area contributed by atoms with Gasteiger partial charge in [-0.2, -0.15) is 0 Å². The molecule has 2 saturated heterocycles. The van der Waals surface area contributed by atoms with Gasteiger partial charge in [0.25, 0.3) is 0 Å². The molecule has 2 heterocycles. The molecule has 1 amide bonds. The maximum atomic E-state index is 13.4. The van der Waals surface area contributed by atoms with Crippen LogP contribution in [-0.4, -0.2) is 54.5 Å². The summed E-state index contributed by atoms with van der Waals surface area (Å²) in [6, 6.07) is 4.57. The van der Waals surface area contributed by atoms with Crippen LogP contribution < -0.4 is 5.32 Å². The molecule has 6 heteroatoms. The van der Waals surface area contributed by atoms with Crippen LogP contribution in [0.25, 0.3) is 0 Å². The zero-order chi connectivity index (χ0) is 18.8. The van der Waals surface area contributed by atoms with Gasteiger partial charge in [-0.15, -0.1) is 0 Å². The number of halogens is 2. The standard InChI is InChI=1S/C21H29F2N3O/c22-18-6-5-15(13-19(18)23)14-26-11-9-25(10-12-26)8-7-17-16-3-1-2-4-20(16)24-21(17)27/h5-6,13,16-17,20H,1-4,7-12,14H2,(H,24,27)/t16-,17?,20+/m0/s1. The van der Waals surface area contributed by atoms with Crippen LogP contribution in [0.2, 0.25) is 0 Å². The Kier molecular flexibility index (Phi) is 5.74. The number of hydrogen-bond acceptors (Lipinski definition) is 3. The number of hydrogen-bond donors (Lipinski definition) is 1. The third-order valence-electron chi connectivity index (χ3n) is 6.61. The Morgan fingerprint density at radius 3 is 2.52 bits per heavy atom. The predicted octanol–water partition coefficient (Wildman–Crippen LogP) is 2.78. The van der Waals surface area contributed by atoms with Crippen molar-refractivity contribution in [3.63, 3.8) is 0 Å². The lowest BCUT2D eigenvalue weighted by Gasteiger charge is -2.35. The molecule has 148 valence electrons. The first kappa shape index (κ1) is 18.8. The van der Waals surface area contributed by atoms with E-state index < -0.39 is 11.6 Å². The van der Waals surface area contributed by atoms with E-state index in [2.05, 4.69) is 15.1 Å². The monoisotopic (exact) mass is 377 g/mol. The lowest BCUT2D eigenvalue weighted by Crippen LogP contribution is -2.46. The van der Waals surface area contributed by atoms with Gasteiger partial charge < -0.3 is 10.2 Å². The van der Waals surface area contributed by atoms with Gasteiger partial charge in [0.05, 0.1) is 0 Å². The van der Waals surface area contributed by atoms with Gasteiger partial charge in [-0.25, -0.2) is 8.78 Å². The van der Waals surface area contributed by atoms with Gasteiger partial charge in [0.1, 0.15) is 0 Å². The molecule has 1 saturated carbocycles. The van der Waals surface area contributed by atoms with Crippen LogP contribution in [0.1, 0.15) is 37.7 Å². The Morgan fingerprint density at radius 1 is 1.00 bits per heavy atom. The number of nitrogens with zero attached hydrogens (tertiary/aromatic N) is 2. The fourth-order valence-electron chi connectivity index (χ4n) is 5.04. The van der Waals surface area contributed by atoms with Crippen LogP contribution >= 0.6 is 0 Å². The number of nitrogens with one attached hydrogen (secondary N) is 1. The normalized spacial score (nSPS) is 29.6. The highest BCUT2D eigenvalue weighted by atomic mass is 19.2. The lowest BCUT2D eigenvalue weighted by molar-refractivity contribution is -0.123. The minimum atomic E-state index is -0.792. The maximum Gasteiger partial charge on any atom is 0.223 e. The van der Waals surface area contributed by atoms with Crippen LogP contribution in [-0.2, 0) is 11.3 Å². The van der Waals surface area contributed by atoms with E-state index in [9.17, 15) is 13.6 Å². The van der Waals surface area contributed by atoms with E-state index in [0.29, 0.717) is 18.5 Å². The van der Waals surface area contributed by atoms with E-state index in [1.165, 1.54) is 31.4 Å². The lowest BCUT2D eigenvalue weighted by atomic mass is 9.78. The first-order valence-corrected chi connectivity index (χ1v) is 10.3. The summed E-state index contributed by atoms with van der Waals surface area (Å²) in [6.07, 6.45) is 5.80. The Morgan fingerprint density at radius 2 is 1.74 bits per heavy atom. The predicted molar refractivity (Wildman–Crippen MR) is 100 cm³/mol. The number of rotatable bonds is 5. The van der Waals surface area contributed by atoms with E-state index in [0.717, 1.165) is 51.1 Å². The smallest absolute Gasteiger partial charge is 0.223 e. The molecule has 4 rings (SSSR count). The van der Waals surface area contributed by atoms with Gasteiger partial charge in [-0.3, -0.25) is 9.69 Å². The Labute approximate surface area is 159 Å². The number of piperazine rings is 1. The van der Waals surface area contributed by atoms with E-state index in [1.54, 1.807) is 6.07 Å². The van der Waals surface area contributed by atoms with Crippen LogP contribution in [0.5, 0.6) is 0 Å². The van der Waals surface area contributed by atoms with E-state index >= 15 is 0 Å². The van der Waals surface area contributed by atoms with E-state index in [1.807, 2.05) is 0 Å². The first-order valence-electron chi connectivity index (χ1n) is 10.3. The number of amides is 1. The molecule has 0 spiro atoms. The topological polar surface area (TPSA) is 35.6 Å².